The molecule has 0 radical (unpaired) electrons. The van der Waals surface area contributed by atoms with Crippen molar-refractivity contribution in [3.8, 4) is 6.07 Å². The van der Waals surface area contributed by atoms with Crippen LogP contribution < -0.4 is 0 Å². The van der Waals surface area contributed by atoms with Crippen LogP contribution in [-0.2, 0) is 6.42 Å². The summed E-state index contributed by atoms with van der Waals surface area (Å²) in [5.74, 6) is 0.682. The van der Waals surface area contributed by atoms with Crippen LogP contribution in [0.4, 0.5) is 0 Å². The van der Waals surface area contributed by atoms with E-state index in [4.69, 9.17) is 0 Å². The van der Waals surface area contributed by atoms with Crippen molar-refractivity contribution in [2.24, 2.45) is 11.3 Å². The molecule has 0 aromatic carbocycles. The first-order valence-corrected chi connectivity index (χ1v) is 6.45. The molecule has 0 bridgehead atoms. The van der Waals surface area contributed by atoms with Gasteiger partial charge in [-0.1, -0.05) is 25.8 Å². The lowest BCUT2D eigenvalue weighted by Gasteiger charge is -2.34. The number of hydrogen-bond donors (Lipinski definition) is 0. The highest BCUT2D eigenvalue weighted by molar-refractivity contribution is 5.21. The van der Waals surface area contributed by atoms with Crippen molar-refractivity contribution in [1.29, 1.82) is 5.26 Å². The van der Waals surface area contributed by atoms with Crippen molar-refractivity contribution in [1.82, 2.24) is 4.98 Å². The largest absolute Gasteiger partial charge is 0.264 e. The Kier molecular flexibility index (Phi) is 3.47. The maximum Gasteiger partial charge on any atom is 0.0693 e. The molecule has 2 nitrogen and oxygen atoms in total. The summed E-state index contributed by atoms with van der Waals surface area (Å²) >= 11 is 0. The molecule has 1 aromatic rings. The van der Waals surface area contributed by atoms with Gasteiger partial charge in [0.15, 0.2) is 0 Å². The zero-order valence-electron chi connectivity index (χ0n) is 10.7. The first-order valence-electron chi connectivity index (χ1n) is 6.45. The molecule has 17 heavy (non-hydrogen) atoms. The van der Waals surface area contributed by atoms with E-state index in [0.717, 1.165) is 19.3 Å². The second kappa shape index (κ2) is 4.87. The smallest absolute Gasteiger partial charge is 0.0693 e. The molecule has 1 heterocycles. The van der Waals surface area contributed by atoms with E-state index < -0.39 is 0 Å². The number of aryl methyl sites for hydroxylation is 1. The Bertz CT molecular complexity index is 433. The van der Waals surface area contributed by atoms with Crippen LogP contribution in [0.15, 0.2) is 18.5 Å². The topological polar surface area (TPSA) is 36.7 Å². The van der Waals surface area contributed by atoms with E-state index in [-0.39, 0.29) is 5.41 Å². The van der Waals surface area contributed by atoms with Gasteiger partial charge in [0.25, 0.3) is 0 Å². The van der Waals surface area contributed by atoms with Crippen LogP contribution in [0.1, 0.15) is 43.7 Å². The van der Waals surface area contributed by atoms with Gasteiger partial charge in [-0.05, 0) is 43.2 Å². The Morgan fingerprint density at radius 1 is 1.53 bits per heavy atom. The van der Waals surface area contributed by atoms with Crippen LogP contribution in [0.25, 0.3) is 0 Å². The van der Waals surface area contributed by atoms with Gasteiger partial charge < -0.3 is 0 Å². The fourth-order valence-electron chi connectivity index (χ4n) is 3.07. The SMILES string of the molecule is Cc1cncc(CC2(C#N)CCCC(C)C2)c1. The highest BCUT2D eigenvalue weighted by Crippen LogP contribution is 2.41. The maximum atomic E-state index is 9.52. The summed E-state index contributed by atoms with van der Waals surface area (Å²) in [6, 6.07) is 4.75. The van der Waals surface area contributed by atoms with Gasteiger partial charge in [-0.2, -0.15) is 5.26 Å². The molecule has 1 saturated carbocycles. The fourth-order valence-corrected chi connectivity index (χ4v) is 3.07. The molecule has 0 amide bonds. The minimum atomic E-state index is -0.146. The molecule has 2 atom stereocenters. The van der Waals surface area contributed by atoms with Crippen molar-refractivity contribution in [3.63, 3.8) is 0 Å². The minimum absolute atomic E-state index is 0.146. The minimum Gasteiger partial charge on any atom is -0.264 e. The van der Waals surface area contributed by atoms with Crippen LogP contribution in [0, 0.1) is 29.6 Å². The Hall–Kier alpha value is -1.36. The Morgan fingerprint density at radius 2 is 2.35 bits per heavy atom. The van der Waals surface area contributed by atoms with Crippen LogP contribution in [0.5, 0.6) is 0 Å². The van der Waals surface area contributed by atoms with E-state index in [9.17, 15) is 5.26 Å². The summed E-state index contributed by atoms with van der Waals surface area (Å²) < 4.78 is 0. The van der Waals surface area contributed by atoms with Crippen LogP contribution in [0.3, 0.4) is 0 Å². The molecule has 1 aliphatic rings. The maximum absolute atomic E-state index is 9.52. The van der Waals surface area contributed by atoms with E-state index in [1.807, 2.05) is 12.4 Å². The summed E-state index contributed by atoms with van der Waals surface area (Å²) in [6.45, 7) is 4.32. The van der Waals surface area contributed by atoms with E-state index in [1.165, 1.54) is 24.0 Å². The molecule has 1 aliphatic carbocycles. The third-order valence-electron chi connectivity index (χ3n) is 3.80. The Balaban J connectivity index is 2.17. The second-order valence-corrected chi connectivity index (χ2v) is 5.64. The summed E-state index contributed by atoms with van der Waals surface area (Å²) in [7, 11) is 0. The quantitative estimate of drug-likeness (QED) is 0.774. The number of pyridine rings is 1. The first kappa shape index (κ1) is 12.1. The fraction of sp³-hybridized carbons (Fsp3) is 0.600. The van der Waals surface area contributed by atoms with Crippen molar-refractivity contribution in [3.05, 3.63) is 29.6 Å². The lowest BCUT2D eigenvalue weighted by Crippen LogP contribution is -2.28. The van der Waals surface area contributed by atoms with Gasteiger partial charge in [-0.25, -0.2) is 0 Å². The molecule has 2 unspecified atom stereocenters. The normalized spacial score (nSPS) is 28.6. The monoisotopic (exact) mass is 228 g/mol. The molecule has 2 rings (SSSR count). The molecule has 0 saturated heterocycles. The molecule has 2 heteroatoms. The molecule has 0 spiro atoms. The van der Waals surface area contributed by atoms with Crippen molar-refractivity contribution >= 4 is 0 Å². The number of hydrogen-bond acceptors (Lipinski definition) is 2. The van der Waals surface area contributed by atoms with E-state index in [1.54, 1.807) is 0 Å². The lowest BCUT2D eigenvalue weighted by atomic mass is 9.68. The average Bonchev–Trinajstić information content (AvgIpc) is 2.29. The molecule has 90 valence electrons. The van der Waals surface area contributed by atoms with Crippen LogP contribution in [0.2, 0.25) is 0 Å². The van der Waals surface area contributed by atoms with Crippen LogP contribution in [-0.4, -0.2) is 4.98 Å². The summed E-state index contributed by atoms with van der Waals surface area (Å²) in [5, 5.41) is 9.52. The van der Waals surface area contributed by atoms with Gasteiger partial charge in [0.1, 0.15) is 0 Å². The third kappa shape index (κ3) is 2.85. The Labute approximate surface area is 104 Å². The standard InChI is InChI=1S/C15H20N2/c1-12-4-3-5-15(7-12,11-16)8-14-6-13(2)9-17-10-14/h6,9-10,12H,3-5,7-8H2,1-2H3. The van der Waals surface area contributed by atoms with Crippen LogP contribution >= 0.6 is 0 Å². The molecule has 0 aliphatic heterocycles. The van der Waals surface area contributed by atoms with E-state index in [0.29, 0.717) is 5.92 Å². The molecular formula is C15H20N2. The van der Waals surface area contributed by atoms with E-state index in [2.05, 4.69) is 31.0 Å². The van der Waals surface area contributed by atoms with Gasteiger partial charge in [0.05, 0.1) is 11.5 Å². The lowest BCUT2D eigenvalue weighted by molar-refractivity contribution is 0.209. The first-order chi connectivity index (χ1) is 8.13. The summed E-state index contributed by atoms with van der Waals surface area (Å²) in [4.78, 5) is 4.22. The van der Waals surface area contributed by atoms with Crippen molar-refractivity contribution < 1.29 is 0 Å². The van der Waals surface area contributed by atoms with Crippen molar-refractivity contribution in [2.45, 2.75) is 46.0 Å². The van der Waals surface area contributed by atoms with Crippen molar-refractivity contribution in [2.75, 3.05) is 0 Å². The predicted octanol–water partition coefficient (Wildman–Crippen LogP) is 3.65. The van der Waals surface area contributed by atoms with Gasteiger partial charge in [-0.3, -0.25) is 4.98 Å². The highest BCUT2D eigenvalue weighted by Gasteiger charge is 2.35. The number of nitrogens with zero attached hydrogens (tertiary/aromatic N) is 2. The number of aromatic nitrogens is 1. The zero-order chi connectivity index (χ0) is 12.3. The van der Waals surface area contributed by atoms with Gasteiger partial charge in [0, 0.05) is 12.4 Å². The predicted molar refractivity (Wildman–Crippen MR) is 68.4 cm³/mol. The average molecular weight is 228 g/mol. The second-order valence-electron chi connectivity index (χ2n) is 5.64. The van der Waals surface area contributed by atoms with Gasteiger partial charge in [-0.15, -0.1) is 0 Å². The zero-order valence-corrected chi connectivity index (χ0v) is 10.7. The highest BCUT2D eigenvalue weighted by atomic mass is 14.6. The summed E-state index contributed by atoms with van der Waals surface area (Å²) in [5.41, 5.74) is 2.24. The molecule has 1 fully saturated rings. The molecular weight excluding hydrogens is 208 g/mol. The molecule has 0 N–H and O–H groups in total. The molecule has 1 aromatic heterocycles. The van der Waals surface area contributed by atoms with E-state index >= 15 is 0 Å². The van der Waals surface area contributed by atoms with Gasteiger partial charge >= 0.3 is 0 Å². The third-order valence-corrected chi connectivity index (χ3v) is 3.80. The Morgan fingerprint density at radius 3 is 3.00 bits per heavy atom. The number of rotatable bonds is 2. The summed E-state index contributed by atoms with van der Waals surface area (Å²) in [6.07, 6.45) is 9.18. The number of nitriles is 1. The van der Waals surface area contributed by atoms with Gasteiger partial charge in [0.2, 0.25) is 0 Å².